The van der Waals surface area contributed by atoms with E-state index in [1.54, 1.807) is 6.92 Å². The number of phenols is 1. The molecule has 1 atom stereocenters. The first-order chi connectivity index (χ1) is 16.0. The van der Waals surface area contributed by atoms with Gasteiger partial charge < -0.3 is 15.6 Å². The zero-order valence-electron chi connectivity index (χ0n) is 17.5. The third-order valence-corrected chi connectivity index (χ3v) is 6.34. The second-order valence-corrected chi connectivity index (χ2v) is 9.25. The Morgan fingerprint density at radius 1 is 1.12 bits per heavy atom. The van der Waals surface area contributed by atoms with Crippen LogP contribution in [0.4, 0.5) is 18.9 Å². The first-order valence-electron chi connectivity index (χ1n) is 9.63. The Balaban J connectivity index is 2.12. The summed E-state index contributed by atoms with van der Waals surface area (Å²) in [6.45, 7) is 1.72. The first-order valence-corrected chi connectivity index (χ1v) is 11.5. The summed E-state index contributed by atoms with van der Waals surface area (Å²) in [6, 6.07) is 6.31. The number of nitrogens with one attached hydrogen (secondary N) is 1. The van der Waals surface area contributed by atoms with E-state index >= 15 is 0 Å². The Morgan fingerprint density at radius 3 is 2.47 bits per heavy atom. The summed E-state index contributed by atoms with van der Waals surface area (Å²) in [4.78, 5) is 10.2. The number of carbonyl (C=O) groups excluding carboxylic acids is 1. The van der Waals surface area contributed by atoms with Crippen molar-refractivity contribution in [2.45, 2.75) is 17.9 Å². The second kappa shape index (κ2) is 9.92. The number of benzene rings is 3. The van der Waals surface area contributed by atoms with Crippen LogP contribution in [-0.2, 0) is 10.0 Å². The van der Waals surface area contributed by atoms with Gasteiger partial charge >= 0.3 is 0 Å². The Hall–Kier alpha value is -3.28. The fraction of sp³-hybridized carbons (Fsp3) is 0.136. The van der Waals surface area contributed by atoms with Gasteiger partial charge in [0.2, 0.25) is 0 Å². The summed E-state index contributed by atoms with van der Waals surface area (Å²) in [7, 11) is -4.70. The molecule has 3 aromatic rings. The highest BCUT2D eigenvalue weighted by Gasteiger charge is 2.25. The van der Waals surface area contributed by atoms with E-state index in [-0.39, 0.29) is 29.0 Å². The minimum atomic E-state index is -4.70. The van der Waals surface area contributed by atoms with Gasteiger partial charge in [-0.1, -0.05) is 11.6 Å². The lowest BCUT2D eigenvalue weighted by molar-refractivity contribution is 0.112. The number of sulfonamides is 1. The topological polar surface area (TPSA) is 119 Å². The molecule has 180 valence electrons. The molecule has 0 bridgehead atoms. The molecular weight excluding hydrogens is 497 g/mol. The van der Waals surface area contributed by atoms with Crippen LogP contribution in [0, 0.1) is 17.5 Å². The Kier molecular flexibility index (Phi) is 7.39. The van der Waals surface area contributed by atoms with Crippen LogP contribution in [0.15, 0.2) is 47.4 Å². The number of anilines is 1. The molecule has 0 heterocycles. The number of hydrogen-bond acceptors (Lipinski definition) is 6. The minimum Gasteiger partial charge on any atom is -0.505 e. The van der Waals surface area contributed by atoms with Crippen molar-refractivity contribution in [2.75, 3.05) is 11.3 Å². The van der Waals surface area contributed by atoms with Gasteiger partial charge in [0.05, 0.1) is 10.7 Å². The summed E-state index contributed by atoms with van der Waals surface area (Å²) < 4.78 is 76.3. The quantitative estimate of drug-likeness (QED) is 0.382. The molecule has 3 aromatic carbocycles. The van der Waals surface area contributed by atoms with Crippen LogP contribution in [0.3, 0.4) is 0 Å². The first kappa shape index (κ1) is 25.3. The molecule has 7 nitrogen and oxygen atoms in total. The Morgan fingerprint density at radius 2 is 1.82 bits per heavy atom. The molecule has 34 heavy (non-hydrogen) atoms. The maximum Gasteiger partial charge on any atom is 0.265 e. The number of hydrogen-bond donors (Lipinski definition) is 3. The molecule has 0 fully saturated rings. The molecule has 0 aromatic heterocycles. The largest absolute Gasteiger partial charge is 0.505 e. The molecule has 0 aliphatic heterocycles. The molecule has 0 saturated carbocycles. The molecule has 0 aliphatic rings. The smallest absolute Gasteiger partial charge is 0.265 e. The van der Waals surface area contributed by atoms with E-state index in [0.29, 0.717) is 12.4 Å². The minimum absolute atomic E-state index is 0.0294. The number of rotatable bonds is 8. The fourth-order valence-electron chi connectivity index (χ4n) is 2.98. The molecule has 0 aliphatic carbocycles. The maximum absolute atomic E-state index is 14.7. The highest BCUT2D eigenvalue weighted by molar-refractivity contribution is 7.92. The van der Waals surface area contributed by atoms with Gasteiger partial charge in [0.15, 0.2) is 5.75 Å². The van der Waals surface area contributed by atoms with Crippen molar-refractivity contribution >= 4 is 33.6 Å². The lowest BCUT2D eigenvalue weighted by Gasteiger charge is -2.18. The van der Waals surface area contributed by atoms with Crippen LogP contribution >= 0.6 is 11.6 Å². The van der Waals surface area contributed by atoms with E-state index in [2.05, 4.69) is 0 Å². The predicted molar refractivity (Wildman–Crippen MR) is 120 cm³/mol. The van der Waals surface area contributed by atoms with Crippen molar-refractivity contribution in [1.82, 2.24) is 0 Å². The van der Waals surface area contributed by atoms with E-state index < -0.39 is 54.9 Å². The van der Waals surface area contributed by atoms with Crippen molar-refractivity contribution < 1.29 is 36.2 Å². The van der Waals surface area contributed by atoms with Gasteiger partial charge in [0.1, 0.15) is 40.5 Å². The zero-order chi connectivity index (χ0) is 25.2. The molecule has 0 unspecified atom stereocenters. The normalized spacial score (nSPS) is 12.3. The van der Waals surface area contributed by atoms with Gasteiger partial charge in [-0.05, 0) is 43.3 Å². The van der Waals surface area contributed by atoms with Gasteiger partial charge in [-0.2, -0.15) is 0 Å². The average molecular weight is 515 g/mol. The van der Waals surface area contributed by atoms with Crippen LogP contribution in [0.2, 0.25) is 5.02 Å². The number of halogens is 4. The Bertz CT molecular complexity index is 1370. The molecule has 0 saturated heterocycles. The van der Waals surface area contributed by atoms with Gasteiger partial charge in [-0.15, -0.1) is 0 Å². The van der Waals surface area contributed by atoms with Crippen molar-refractivity contribution in [2.24, 2.45) is 5.73 Å². The molecule has 0 radical (unpaired) electrons. The lowest BCUT2D eigenvalue weighted by Crippen LogP contribution is -2.23. The van der Waals surface area contributed by atoms with Crippen LogP contribution in [-0.4, -0.2) is 32.5 Å². The van der Waals surface area contributed by atoms with Gasteiger partial charge in [-0.25, -0.2) is 21.6 Å². The number of aromatic hydroxyl groups is 1. The van der Waals surface area contributed by atoms with Crippen LogP contribution in [0.5, 0.6) is 11.5 Å². The van der Waals surface area contributed by atoms with E-state index in [1.165, 1.54) is 6.07 Å². The van der Waals surface area contributed by atoms with E-state index in [1.807, 2.05) is 4.72 Å². The summed E-state index contributed by atoms with van der Waals surface area (Å²) in [5, 5.41) is 9.63. The standard InChI is InChI=1S/C22H18ClF3N2O5S/c1-11(9-27)33-20-3-2-13(24)6-15(20)14-7-19(18(26)8-17(14)25)28-34(31,32)21-5-12(10-29)4-16(23)22(21)30/h2-8,10-11,28,30H,9,27H2,1H3/t11-/m0/s1. The molecule has 3 rings (SSSR count). The number of nitrogens with two attached hydrogens (primary N) is 1. The van der Waals surface area contributed by atoms with Crippen molar-refractivity contribution in [3.63, 3.8) is 0 Å². The summed E-state index contributed by atoms with van der Waals surface area (Å²) >= 11 is 5.77. The average Bonchev–Trinajstić information content (AvgIpc) is 2.78. The van der Waals surface area contributed by atoms with Crippen LogP contribution < -0.4 is 15.2 Å². The molecular formula is C22H18ClF3N2O5S. The van der Waals surface area contributed by atoms with Gasteiger partial charge in [0.25, 0.3) is 10.0 Å². The van der Waals surface area contributed by atoms with Crippen molar-refractivity contribution in [3.8, 4) is 22.6 Å². The Labute approximate surface area is 198 Å². The third kappa shape index (κ3) is 5.27. The van der Waals surface area contributed by atoms with Gasteiger partial charge in [0, 0.05) is 29.3 Å². The molecule has 0 spiro atoms. The number of ether oxygens (including phenoxy) is 1. The molecule has 4 N–H and O–H groups in total. The monoisotopic (exact) mass is 514 g/mol. The fourth-order valence-corrected chi connectivity index (χ4v) is 4.48. The third-order valence-electron chi connectivity index (χ3n) is 4.67. The molecule has 12 heteroatoms. The SMILES string of the molecule is C[C@@H](CN)Oc1ccc(F)cc1-c1cc(NS(=O)(=O)c2cc(C=O)cc(Cl)c2O)c(F)cc1F. The van der Waals surface area contributed by atoms with Crippen LogP contribution in [0.1, 0.15) is 17.3 Å². The second-order valence-electron chi connectivity index (χ2n) is 7.19. The predicted octanol–water partition coefficient (Wildman–Crippen LogP) is 4.47. The maximum atomic E-state index is 14.7. The summed E-state index contributed by atoms with van der Waals surface area (Å²) in [5.41, 5.74) is 4.15. The van der Waals surface area contributed by atoms with Crippen LogP contribution in [0.25, 0.3) is 11.1 Å². The lowest BCUT2D eigenvalue weighted by atomic mass is 10.0. The van der Waals surface area contributed by atoms with Crippen molar-refractivity contribution in [3.05, 3.63) is 70.5 Å². The number of phenolic OH excluding ortho intramolecular Hbond substituents is 1. The summed E-state index contributed by atoms with van der Waals surface area (Å²) in [6.07, 6.45) is -0.224. The number of carbonyl (C=O) groups is 1. The zero-order valence-corrected chi connectivity index (χ0v) is 19.1. The van der Waals surface area contributed by atoms with E-state index in [4.69, 9.17) is 22.1 Å². The van der Waals surface area contributed by atoms with Crippen molar-refractivity contribution in [1.29, 1.82) is 0 Å². The highest BCUT2D eigenvalue weighted by Crippen LogP contribution is 2.37. The van der Waals surface area contributed by atoms with Gasteiger partial charge in [-0.3, -0.25) is 9.52 Å². The number of aldehydes is 1. The van der Waals surface area contributed by atoms with E-state index in [9.17, 15) is 31.5 Å². The summed E-state index contributed by atoms with van der Waals surface area (Å²) in [5.74, 6) is -4.01. The van der Waals surface area contributed by atoms with E-state index in [0.717, 1.165) is 30.3 Å². The molecule has 0 amide bonds. The highest BCUT2D eigenvalue weighted by atomic mass is 35.5.